The molecule has 5 rings (SSSR count). The summed E-state index contributed by atoms with van der Waals surface area (Å²) in [6.45, 7) is 1.85. The zero-order valence-electron chi connectivity index (χ0n) is 20.2. The van der Waals surface area contributed by atoms with Gasteiger partial charge in [-0.2, -0.15) is 4.98 Å². The molecule has 0 fully saturated rings. The molecule has 2 aromatic heterocycles. The Morgan fingerprint density at radius 2 is 1.72 bits per heavy atom. The summed E-state index contributed by atoms with van der Waals surface area (Å²) in [5.74, 6) is 2.36. The smallest absolute Gasteiger partial charge is 0.255 e. The number of rotatable bonds is 7. The normalized spacial score (nSPS) is 14.6. The van der Waals surface area contributed by atoms with Crippen molar-refractivity contribution in [2.75, 3.05) is 32.0 Å². The van der Waals surface area contributed by atoms with Crippen LogP contribution < -0.4 is 24.8 Å². The highest BCUT2D eigenvalue weighted by molar-refractivity contribution is 7.13. The first-order valence-corrected chi connectivity index (χ1v) is 12.1. The van der Waals surface area contributed by atoms with E-state index in [9.17, 15) is 4.79 Å². The Morgan fingerprint density at radius 1 is 1.00 bits per heavy atom. The number of fused-ring (bicyclic) bond motifs is 1. The number of carbonyl (C=O) groups is 1. The molecule has 0 saturated heterocycles. The van der Waals surface area contributed by atoms with Gasteiger partial charge < -0.3 is 24.8 Å². The highest BCUT2D eigenvalue weighted by Crippen LogP contribution is 2.44. The number of thiophene rings is 1. The zero-order chi connectivity index (χ0) is 25.2. The van der Waals surface area contributed by atoms with Crippen molar-refractivity contribution in [1.82, 2.24) is 14.8 Å². The van der Waals surface area contributed by atoms with Crippen molar-refractivity contribution >= 4 is 28.9 Å². The molecule has 2 N–H and O–H groups in total. The number of allylic oxidation sites excluding steroid dienone is 1. The first kappa shape index (κ1) is 23.4. The summed E-state index contributed by atoms with van der Waals surface area (Å²) in [4.78, 5) is 19.4. The summed E-state index contributed by atoms with van der Waals surface area (Å²) in [5, 5.41) is 13.0. The van der Waals surface area contributed by atoms with Crippen molar-refractivity contribution in [3.8, 4) is 28.0 Å². The fourth-order valence-electron chi connectivity index (χ4n) is 4.23. The molecule has 0 radical (unpaired) electrons. The summed E-state index contributed by atoms with van der Waals surface area (Å²) >= 11 is 1.54. The Kier molecular flexibility index (Phi) is 6.34. The average Bonchev–Trinajstić information content (AvgIpc) is 3.57. The minimum atomic E-state index is -0.652. The van der Waals surface area contributed by atoms with Gasteiger partial charge in [0.05, 0.1) is 31.8 Å². The van der Waals surface area contributed by atoms with Crippen LogP contribution in [-0.2, 0) is 4.79 Å². The molecule has 184 valence electrons. The van der Waals surface area contributed by atoms with E-state index in [4.69, 9.17) is 24.3 Å². The minimum absolute atomic E-state index is 0.271. The van der Waals surface area contributed by atoms with Gasteiger partial charge in [0.1, 0.15) is 11.8 Å². The number of hydrogen-bond acceptors (Lipinski definition) is 8. The number of hydrogen-bond donors (Lipinski definition) is 2. The largest absolute Gasteiger partial charge is 0.496 e. The predicted octanol–water partition coefficient (Wildman–Crippen LogP) is 4.96. The van der Waals surface area contributed by atoms with E-state index >= 15 is 0 Å². The number of para-hydroxylation sites is 1. The average molecular weight is 504 g/mol. The van der Waals surface area contributed by atoms with Crippen LogP contribution in [0.3, 0.4) is 0 Å². The molecule has 4 aromatic rings. The number of nitrogens with one attached hydrogen (secondary N) is 2. The number of benzene rings is 2. The maximum Gasteiger partial charge on any atom is 0.255 e. The third-order valence-electron chi connectivity index (χ3n) is 5.90. The molecule has 0 aliphatic carbocycles. The first-order valence-electron chi connectivity index (χ1n) is 11.2. The van der Waals surface area contributed by atoms with Crippen molar-refractivity contribution in [3.05, 3.63) is 76.8 Å². The summed E-state index contributed by atoms with van der Waals surface area (Å²) in [6, 6.07) is 16.1. The maximum atomic E-state index is 13.7. The third-order valence-corrected chi connectivity index (χ3v) is 6.77. The number of amides is 1. The molecule has 9 nitrogen and oxygen atoms in total. The monoisotopic (exact) mass is 503 g/mol. The number of aromatic nitrogens is 3. The second-order valence-electron chi connectivity index (χ2n) is 8.02. The van der Waals surface area contributed by atoms with Crippen LogP contribution >= 0.6 is 11.3 Å². The Bertz CT molecular complexity index is 1430. The van der Waals surface area contributed by atoms with Gasteiger partial charge in [0.25, 0.3) is 5.91 Å². The van der Waals surface area contributed by atoms with Gasteiger partial charge in [0.2, 0.25) is 5.95 Å². The second-order valence-corrected chi connectivity index (χ2v) is 8.96. The van der Waals surface area contributed by atoms with Crippen molar-refractivity contribution in [2.24, 2.45) is 0 Å². The van der Waals surface area contributed by atoms with Crippen molar-refractivity contribution in [3.63, 3.8) is 0 Å². The Morgan fingerprint density at radius 3 is 2.39 bits per heavy atom. The molecule has 1 atom stereocenters. The minimum Gasteiger partial charge on any atom is -0.496 e. The summed E-state index contributed by atoms with van der Waals surface area (Å²) in [5.41, 5.74) is 2.49. The summed E-state index contributed by atoms with van der Waals surface area (Å²) in [7, 11) is 4.70. The molecular formula is C26H25N5O4S. The Hall–Kier alpha value is -4.31. The standard InChI is InChI=1S/C26H25N5O4S/c1-15-22(25(32)28-16-9-6-5-7-10-16)23(17-13-19(34-3)20(35-4)14-18(17)33-2)31-26(27-15)29-24(30-31)21-11-8-12-36-21/h5-14,23H,1-4H3,(H,28,32)(H,27,29,30). The molecular weight excluding hydrogens is 478 g/mol. The molecule has 1 amide bonds. The van der Waals surface area contributed by atoms with Crippen LogP contribution in [-0.4, -0.2) is 42.0 Å². The fraction of sp³-hybridized carbons (Fsp3) is 0.192. The van der Waals surface area contributed by atoms with E-state index in [0.717, 1.165) is 4.88 Å². The second kappa shape index (κ2) is 9.74. The van der Waals surface area contributed by atoms with E-state index in [-0.39, 0.29) is 5.91 Å². The van der Waals surface area contributed by atoms with E-state index in [1.165, 1.54) is 0 Å². The maximum absolute atomic E-state index is 13.7. The molecule has 1 aliphatic rings. The number of anilines is 2. The van der Waals surface area contributed by atoms with Gasteiger partial charge in [-0.1, -0.05) is 24.3 Å². The lowest BCUT2D eigenvalue weighted by Gasteiger charge is -2.30. The summed E-state index contributed by atoms with van der Waals surface area (Å²) in [6.07, 6.45) is 0. The third kappa shape index (κ3) is 4.16. The lowest BCUT2D eigenvalue weighted by atomic mass is 9.93. The molecule has 10 heteroatoms. The van der Waals surface area contributed by atoms with E-state index in [0.29, 0.717) is 51.5 Å². The van der Waals surface area contributed by atoms with Gasteiger partial charge in [-0.05, 0) is 36.6 Å². The molecule has 1 aliphatic heterocycles. The topological polar surface area (TPSA) is 99.5 Å². The molecule has 3 heterocycles. The van der Waals surface area contributed by atoms with Crippen LogP contribution in [0.5, 0.6) is 17.2 Å². The van der Waals surface area contributed by atoms with E-state index in [1.807, 2.05) is 60.8 Å². The van der Waals surface area contributed by atoms with Gasteiger partial charge in [0.15, 0.2) is 17.3 Å². The predicted molar refractivity (Wildman–Crippen MR) is 139 cm³/mol. The molecule has 0 spiro atoms. The van der Waals surface area contributed by atoms with E-state index in [2.05, 4.69) is 10.6 Å². The van der Waals surface area contributed by atoms with Crippen molar-refractivity contribution < 1.29 is 19.0 Å². The molecule has 1 unspecified atom stereocenters. The van der Waals surface area contributed by atoms with Crippen LogP contribution in [0.2, 0.25) is 0 Å². The van der Waals surface area contributed by atoms with Gasteiger partial charge in [-0.3, -0.25) is 4.79 Å². The lowest BCUT2D eigenvalue weighted by Crippen LogP contribution is -2.31. The van der Waals surface area contributed by atoms with Gasteiger partial charge >= 0.3 is 0 Å². The molecule has 2 aromatic carbocycles. The van der Waals surface area contributed by atoms with Crippen molar-refractivity contribution in [1.29, 1.82) is 0 Å². The molecule has 0 bridgehead atoms. The highest BCUT2D eigenvalue weighted by atomic mass is 32.1. The number of methoxy groups -OCH3 is 3. The van der Waals surface area contributed by atoms with Crippen LogP contribution in [0.4, 0.5) is 11.6 Å². The van der Waals surface area contributed by atoms with Crippen molar-refractivity contribution in [2.45, 2.75) is 13.0 Å². The van der Waals surface area contributed by atoms with Crippen LogP contribution in [0.1, 0.15) is 18.5 Å². The quantitative estimate of drug-likeness (QED) is 0.368. The van der Waals surface area contributed by atoms with Crippen LogP contribution in [0, 0.1) is 0 Å². The molecule has 36 heavy (non-hydrogen) atoms. The van der Waals surface area contributed by atoms with Crippen LogP contribution in [0.25, 0.3) is 10.7 Å². The van der Waals surface area contributed by atoms with Gasteiger partial charge in [-0.25, -0.2) is 4.68 Å². The lowest BCUT2D eigenvalue weighted by molar-refractivity contribution is -0.113. The zero-order valence-corrected chi connectivity index (χ0v) is 21.1. The van der Waals surface area contributed by atoms with E-state index in [1.54, 1.807) is 43.4 Å². The number of ether oxygens (including phenoxy) is 3. The SMILES string of the molecule is COc1cc(OC)c(C2C(C(=O)Nc3ccccc3)=C(C)Nc3nc(-c4cccs4)nn32)cc1OC. The Balaban J connectivity index is 1.69. The first-order chi connectivity index (χ1) is 17.5. The van der Waals surface area contributed by atoms with Crippen LogP contribution in [0.15, 0.2) is 71.2 Å². The van der Waals surface area contributed by atoms with Gasteiger partial charge in [-0.15, -0.1) is 16.4 Å². The van der Waals surface area contributed by atoms with E-state index < -0.39 is 6.04 Å². The molecule has 0 saturated carbocycles. The summed E-state index contributed by atoms with van der Waals surface area (Å²) < 4.78 is 18.5. The van der Waals surface area contributed by atoms with Gasteiger partial charge in [0, 0.05) is 23.0 Å². The number of carbonyl (C=O) groups excluding carboxylic acids is 1. The number of nitrogens with zero attached hydrogens (tertiary/aromatic N) is 3. The highest BCUT2D eigenvalue weighted by Gasteiger charge is 2.37. The fourth-order valence-corrected chi connectivity index (χ4v) is 4.88. The Labute approximate surface area is 212 Å².